The van der Waals surface area contributed by atoms with E-state index in [0.29, 0.717) is 12.4 Å². The zero-order chi connectivity index (χ0) is 16.9. The number of nitrogens with one attached hydrogen (secondary N) is 1. The van der Waals surface area contributed by atoms with Gasteiger partial charge in [-0.3, -0.25) is 0 Å². The summed E-state index contributed by atoms with van der Waals surface area (Å²) in [7, 11) is 1.60. The van der Waals surface area contributed by atoms with Gasteiger partial charge < -0.3 is 15.2 Å². The van der Waals surface area contributed by atoms with Gasteiger partial charge in [0.25, 0.3) is 0 Å². The Morgan fingerprint density at radius 2 is 2.00 bits per heavy atom. The molecule has 0 saturated heterocycles. The monoisotopic (exact) mass is 325 g/mol. The molecule has 0 aliphatic heterocycles. The standard InChI is InChI=1S/C16H15N5O3/c1-24-12-7-5-11(6-8-12)10-18-15-14(16(22)23)19-21(20-15)13-4-2-3-9-17-13/h2-9H,10H2,1H3,(H,18,20)(H,22,23). The molecule has 3 aromatic rings. The maximum atomic E-state index is 11.4. The normalized spacial score (nSPS) is 10.4. The molecule has 1 aromatic carbocycles. The number of hydrogen-bond acceptors (Lipinski definition) is 6. The number of carboxylic acids is 1. The molecule has 0 amide bonds. The van der Waals surface area contributed by atoms with Crippen molar-refractivity contribution >= 4 is 11.8 Å². The number of anilines is 1. The Balaban J connectivity index is 1.81. The molecule has 0 aliphatic rings. The molecular formula is C16H15N5O3. The molecule has 0 atom stereocenters. The number of aromatic nitrogens is 4. The van der Waals surface area contributed by atoms with Gasteiger partial charge in [0.2, 0.25) is 5.69 Å². The van der Waals surface area contributed by atoms with Crippen LogP contribution in [0.25, 0.3) is 5.82 Å². The number of benzene rings is 1. The quantitative estimate of drug-likeness (QED) is 0.714. The van der Waals surface area contributed by atoms with Gasteiger partial charge in [-0.2, -0.15) is 0 Å². The zero-order valence-electron chi connectivity index (χ0n) is 12.9. The summed E-state index contributed by atoms with van der Waals surface area (Å²) in [5, 5.41) is 20.5. The van der Waals surface area contributed by atoms with Gasteiger partial charge in [-0.15, -0.1) is 15.0 Å². The van der Waals surface area contributed by atoms with E-state index < -0.39 is 5.97 Å². The van der Waals surface area contributed by atoms with Gasteiger partial charge in [0.1, 0.15) is 5.75 Å². The molecule has 0 fully saturated rings. The van der Waals surface area contributed by atoms with Crippen LogP contribution in [0.3, 0.4) is 0 Å². The number of nitrogens with zero attached hydrogens (tertiary/aromatic N) is 4. The second kappa shape index (κ2) is 6.78. The second-order valence-corrected chi connectivity index (χ2v) is 4.88. The van der Waals surface area contributed by atoms with Gasteiger partial charge in [-0.25, -0.2) is 9.78 Å². The van der Waals surface area contributed by atoms with Crippen molar-refractivity contribution in [3.63, 3.8) is 0 Å². The van der Waals surface area contributed by atoms with Crippen LogP contribution in [0.1, 0.15) is 16.1 Å². The Kier molecular flexibility index (Phi) is 4.37. The maximum Gasteiger partial charge on any atom is 0.360 e. The van der Waals surface area contributed by atoms with Crippen molar-refractivity contribution in [1.82, 2.24) is 20.0 Å². The predicted octanol–water partition coefficient (Wildman–Crippen LogP) is 1.98. The Morgan fingerprint density at radius 3 is 2.62 bits per heavy atom. The summed E-state index contributed by atoms with van der Waals surface area (Å²) < 4.78 is 5.10. The first-order chi connectivity index (χ1) is 11.7. The van der Waals surface area contributed by atoms with E-state index in [1.54, 1.807) is 31.5 Å². The number of carboxylic acid groups (broad SMARTS) is 1. The molecule has 0 bridgehead atoms. The lowest BCUT2D eigenvalue weighted by Gasteiger charge is -2.05. The first kappa shape index (κ1) is 15.5. The van der Waals surface area contributed by atoms with Crippen LogP contribution in [0.2, 0.25) is 0 Å². The first-order valence-corrected chi connectivity index (χ1v) is 7.16. The molecule has 8 heteroatoms. The number of ether oxygens (including phenoxy) is 1. The highest BCUT2D eigenvalue weighted by atomic mass is 16.5. The van der Waals surface area contributed by atoms with Crippen LogP contribution in [0, 0.1) is 0 Å². The van der Waals surface area contributed by atoms with Crippen LogP contribution in [-0.2, 0) is 6.54 Å². The minimum absolute atomic E-state index is 0.158. The SMILES string of the molecule is COc1ccc(CNc2nn(-c3ccccn3)nc2C(=O)O)cc1. The second-order valence-electron chi connectivity index (χ2n) is 4.88. The van der Waals surface area contributed by atoms with E-state index in [-0.39, 0.29) is 11.5 Å². The molecule has 24 heavy (non-hydrogen) atoms. The van der Waals surface area contributed by atoms with Crippen molar-refractivity contribution in [2.24, 2.45) is 0 Å². The molecule has 2 aromatic heterocycles. The van der Waals surface area contributed by atoms with E-state index in [4.69, 9.17) is 4.74 Å². The van der Waals surface area contributed by atoms with Gasteiger partial charge in [-0.1, -0.05) is 18.2 Å². The zero-order valence-corrected chi connectivity index (χ0v) is 12.9. The topological polar surface area (TPSA) is 102 Å². The van der Waals surface area contributed by atoms with Gasteiger partial charge in [0, 0.05) is 12.7 Å². The summed E-state index contributed by atoms with van der Waals surface area (Å²) in [6.45, 7) is 0.408. The summed E-state index contributed by atoms with van der Waals surface area (Å²) in [4.78, 5) is 16.7. The lowest BCUT2D eigenvalue weighted by Crippen LogP contribution is -2.06. The number of rotatable bonds is 6. The predicted molar refractivity (Wildman–Crippen MR) is 86.4 cm³/mol. The molecule has 0 spiro atoms. The number of aromatic carboxylic acids is 1. The molecule has 8 nitrogen and oxygen atoms in total. The minimum Gasteiger partial charge on any atom is -0.497 e. The summed E-state index contributed by atoms with van der Waals surface area (Å²) in [6.07, 6.45) is 1.59. The van der Waals surface area contributed by atoms with Gasteiger partial charge >= 0.3 is 5.97 Å². The molecule has 0 aliphatic carbocycles. The summed E-state index contributed by atoms with van der Waals surface area (Å²) >= 11 is 0. The van der Waals surface area contributed by atoms with Crippen LogP contribution in [0.15, 0.2) is 48.7 Å². The van der Waals surface area contributed by atoms with Gasteiger partial charge in [0.15, 0.2) is 11.6 Å². The first-order valence-electron chi connectivity index (χ1n) is 7.16. The largest absolute Gasteiger partial charge is 0.497 e. The van der Waals surface area contributed by atoms with Crippen LogP contribution in [0.5, 0.6) is 5.75 Å². The van der Waals surface area contributed by atoms with Gasteiger partial charge in [-0.05, 0) is 29.8 Å². The molecule has 2 heterocycles. The van der Waals surface area contributed by atoms with E-state index in [9.17, 15) is 9.90 Å². The number of hydrogen-bond donors (Lipinski definition) is 2. The lowest BCUT2D eigenvalue weighted by atomic mass is 10.2. The van der Waals surface area contributed by atoms with Crippen molar-refractivity contribution < 1.29 is 14.6 Å². The van der Waals surface area contributed by atoms with Crippen LogP contribution >= 0.6 is 0 Å². The van der Waals surface area contributed by atoms with Crippen molar-refractivity contribution in [3.05, 3.63) is 59.9 Å². The highest BCUT2D eigenvalue weighted by Crippen LogP contribution is 2.15. The third kappa shape index (κ3) is 3.32. The van der Waals surface area contributed by atoms with E-state index in [1.165, 1.54) is 4.80 Å². The van der Waals surface area contributed by atoms with Crippen molar-refractivity contribution in [3.8, 4) is 11.6 Å². The van der Waals surface area contributed by atoms with Crippen LogP contribution < -0.4 is 10.1 Å². The molecule has 0 radical (unpaired) electrons. The number of carbonyl (C=O) groups is 1. The molecular weight excluding hydrogens is 310 g/mol. The highest BCUT2D eigenvalue weighted by molar-refractivity contribution is 5.90. The third-order valence-corrected chi connectivity index (χ3v) is 3.29. The summed E-state index contributed by atoms with van der Waals surface area (Å²) in [5.74, 6) is 0.224. The molecule has 0 unspecified atom stereocenters. The fourth-order valence-corrected chi connectivity index (χ4v) is 2.07. The van der Waals surface area contributed by atoms with Gasteiger partial charge in [0.05, 0.1) is 7.11 Å². The van der Waals surface area contributed by atoms with E-state index in [2.05, 4.69) is 20.5 Å². The Bertz CT molecular complexity index is 831. The lowest BCUT2D eigenvalue weighted by molar-refractivity contribution is 0.0691. The Hall–Kier alpha value is -3.42. The van der Waals surface area contributed by atoms with Crippen molar-refractivity contribution in [2.45, 2.75) is 6.54 Å². The van der Waals surface area contributed by atoms with E-state index in [1.807, 2.05) is 24.3 Å². The summed E-state index contributed by atoms with van der Waals surface area (Å²) in [5.41, 5.74) is 0.800. The van der Waals surface area contributed by atoms with E-state index in [0.717, 1.165) is 11.3 Å². The average molecular weight is 325 g/mol. The van der Waals surface area contributed by atoms with Crippen molar-refractivity contribution in [1.29, 1.82) is 0 Å². The van der Waals surface area contributed by atoms with Crippen molar-refractivity contribution in [2.75, 3.05) is 12.4 Å². The third-order valence-electron chi connectivity index (χ3n) is 3.29. The Labute approximate surface area is 137 Å². The molecule has 2 N–H and O–H groups in total. The molecule has 0 saturated carbocycles. The maximum absolute atomic E-state index is 11.4. The smallest absolute Gasteiger partial charge is 0.360 e. The van der Waals surface area contributed by atoms with Crippen LogP contribution in [0.4, 0.5) is 5.82 Å². The molecule has 122 valence electrons. The van der Waals surface area contributed by atoms with Crippen LogP contribution in [-0.4, -0.2) is 38.2 Å². The van der Waals surface area contributed by atoms with E-state index >= 15 is 0 Å². The number of pyridine rings is 1. The number of methoxy groups -OCH3 is 1. The average Bonchev–Trinajstić information content (AvgIpc) is 3.06. The summed E-state index contributed by atoms with van der Waals surface area (Å²) in [6, 6.07) is 12.7. The highest BCUT2D eigenvalue weighted by Gasteiger charge is 2.18. The fourth-order valence-electron chi connectivity index (χ4n) is 2.07. The fraction of sp³-hybridized carbons (Fsp3) is 0.125. The Morgan fingerprint density at radius 1 is 1.21 bits per heavy atom. The minimum atomic E-state index is -1.16. The molecule has 3 rings (SSSR count).